The molecule has 0 amide bonds. The van der Waals surface area contributed by atoms with Crippen LogP contribution in [0.2, 0.25) is 0 Å². The molecule has 3 rings (SSSR count). The van der Waals surface area contributed by atoms with Crippen molar-refractivity contribution in [1.29, 1.82) is 0 Å². The zero-order valence-electron chi connectivity index (χ0n) is 9.63. The predicted octanol–water partition coefficient (Wildman–Crippen LogP) is 3.04. The van der Waals surface area contributed by atoms with Gasteiger partial charge in [-0.2, -0.15) is 5.10 Å². The standard InChI is InChI=1S/C13H10IN3O/c1-8-4-12-9(5-11(8)14)6-16-17(12)10-2-3-13(18)15-7-10/h2-7H,1H3,(H,15,18). The molecular weight excluding hydrogens is 341 g/mol. The lowest BCUT2D eigenvalue weighted by molar-refractivity contribution is 0.453. The van der Waals surface area contributed by atoms with Gasteiger partial charge in [-0.25, -0.2) is 9.67 Å². The van der Waals surface area contributed by atoms with Crippen molar-refractivity contribution < 1.29 is 5.11 Å². The van der Waals surface area contributed by atoms with Crippen LogP contribution in [0.1, 0.15) is 5.56 Å². The van der Waals surface area contributed by atoms with Crippen LogP contribution in [0.5, 0.6) is 5.88 Å². The van der Waals surface area contributed by atoms with Crippen molar-refractivity contribution in [3.05, 3.63) is 45.8 Å². The van der Waals surface area contributed by atoms with Crippen molar-refractivity contribution in [2.45, 2.75) is 6.92 Å². The van der Waals surface area contributed by atoms with Gasteiger partial charge in [-0.05, 0) is 53.3 Å². The van der Waals surface area contributed by atoms with E-state index in [2.05, 4.69) is 51.7 Å². The average molecular weight is 351 g/mol. The lowest BCUT2D eigenvalue weighted by Crippen LogP contribution is -1.96. The first-order valence-corrected chi connectivity index (χ1v) is 6.52. The van der Waals surface area contributed by atoms with Gasteiger partial charge in [-0.1, -0.05) is 0 Å². The molecule has 0 atom stereocenters. The number of aromatic hydroxyl groups is 1. The van der Waals surface area contributed by atoms with Crippen molar-refractivity contribution in [3.63, 3.8) is 0 Å². The quantitative estimate of drug-likeness (QED) is 0.686. The largest absolute Gasteiger partial charge is 0.493 e. The van der Waals surface area contributed by atoms with Crippen LogP contribution in [0.4, 0.5) is 0 Å². The topological polar surface area (TPSA) is 50.9 Å². The highest BCUT2D eigenvalue weighted by Crippen LogP contribution is 2.23. The first-order chi connectivity index (χ1) is 8.65. The van der Waals surface area contributed by atoms with E-state index in [0.29, 0.717) is 0 Å². The number of benzene rings is 1. The Hall–Kier alpha value is -1.63. The van der Waals surface area contributed by atoms with E-state index in [0.717, 1.165) is 16.6 Å². The minimum absolute atomic E-state index is 0.0148. The second kappa shape index (κ2) is 4.24. The van der Waals surface area contributed by atoms with Crippen molar-refractivity contribution in [2.75, 3.05) is 0 Å². The van der Waals surface area contributed by atoms with Gasteiger partial charge in [0.05, 0.1) is 23.6 Å². The number of aromatic nitrogens is 3. The van der Waals surface area contributed by atoms with E-state index in [1.165, 1.54) is 9.13 Å². The van der Waals surface area contributed by atoms with Gasteiger partial charge in [0.15, 0.2) is 0 Å². The van der Waals surface area contributed by atoms with Crippen molar-refractivity contribution in [1.82, 2.24) is 14.8 Å². The molecule has 3 aromatic rings. The van der Waals surface area contributed by atoms with E-state index in [9.17, 15) is 5.11 Å². The minimum Gasteiger partial charge on any atom is -0.493 e. The van der Waals surface area contributed by atoms with Crippen LogP contribution in [-0.2, 0) is 0 Å². The van der Waals surface area contributed by atoms with Crippen LogP contribution in [-0.4, -0.2) is 19.9 Å². The third-order valence-corrected chi connectivity index (χ3v) is 3.99. The number of aryl methyl sites for hydroxylation is 1. The monoisotopic (exact) mass is 351 g/mol. The van der Waals surface area contributed by atoms with Crippen molar-refractivity contribution >= 4 is 33.5 Å². The summed E-state index contributed by atoms with van der Waals surface area (Å²) in [5, 5.41) is 14.7. The summed E-state index contributed by atoms with van der Waals surface area (Å²) in [6.07, 6.45) is 3.44. The van der Waals surface area contributed by atoms with E-state index in [4.69, 9.17) is 0 Å². The van der Waals surface area contributed by atoms with E-state index in [-0.39, 0.29) is 5.88 Å². The Labute approximate surface area is 117 Å². The van der Waals surface area contributed by atoms with Gasteiger partial charge in [-0.3, -0.25) is 0 Å². The molecule has 0 unspecified atom stereocenters. The molecule has 0 spiro atoms. The Balaban J connectivity index is 2.23. The zero-order chi connectivity index (χ0) is 12.7. The fourth-order valence-electron chi connectivity index (χ4n) is 1.86. The molecule has 0 aliphatic heterocycles. The molecule has 0 radical (unpaired) electrons. The van der Waals surface area contributed by atoms with Crippen LogP contribution >= 0.6 is 22.6 Å². The highest BCUT2D eigenvalue weighted by atomic mass is 127. The second-order valence-electron chi connectivity index (χ2n) is 4.09. The maximum absolute atomic E-state index is 9.21. The maximum atomic E-state index is 9.21. The molecule has 4 nitrogen and oxygen atoms in total. The number of rotatable bonds is 1. The second-order valence-corrected chi connectivity index (χ2v) is 5.25. The summed E-state index contributed by atoms with van der Waals surface area (Å²) in [4.78, 5) is 3.88. The van der Waals surface area contributed by atoms with E-state index < -0.39 is 0 Å². The number of hydrogen-bond acceptors (Lipinski definition) is 3. The fourth-order valence-corrected chi connectivity index (χ4v) is 2.35. The molecule has 90 valence electrons. The van der Waals surface area contributed by atoms with Crippen LogP contribution in [0, 0.1) is 10.5 Å². The molecule has 0 saturated heterocycles. The van der Waals surface area contributed by atoms with E-state index in [1.807, 2.05) is 10.9 Å². The summed E-state index contributed by atoms with van der Waals surface area (Å²) in [5.74, 6) is 0.0148. The normalized spacial score (nSPS) is 11.0. The minimum atomic E-state index is 0.0148. The first kappa shape index (κ1) is 11.5. The average Bonchev–Trinajstić information content (AvgIpc) is 2.74. The molecule has 1 N–H and O–H groups in total. The summed E-state index contributed by atoms with van der Waals surface area (Å²) in [5.41, 5.74) is 3.10. The Bertz CT molecular complexity index is 719. The highest BCUT2D eigenvalue weighted by Gasteiger charge is 2.07. The molecule has 0 bridgehead atoms. The SMILES string of the molecule is Cc1cc2c(cnn2-c2ccc(O)nc2)cc1I. The third-order valence-electron chi connectivity index (χ3n) is 2.83. The third kappa shape index (κ3) is 1.84. The molecule has 1 aromatic carbocycles. The highest BCUT2D eigenvalue weighted by molar-refractivity contribution is 14.1. The molecule has 0 aliphatic rings. The van der Waals surface area contributed by atoms with Crippen LogP contribution < -0.4 is 0 Å². The Kier molecular flexibility index (Phi) is 2.70. The first-order valence-electron chi connectivity index (χ1n) is 5.44. The van der Waals surface area contributed by atoms with Gasteiger partial charge >= 0.3 is 0 Å². The van der Waals surface area contributed by atoms with Crippen LogP contribution in [0.3, 0.4) is 0 Å². The fraction of sp³-hybridized carbons (Fsp3) is 0.0769. The van der Waals surface area contributed by atoms with Crippen molar-refractivity contribution in [2.24, 2.45) is 0 Å². The Morgan fingerprint density at radius 1 is 1.22 bits per heavy atom. The van der Waals surface area contributed by atoms with Gasteiger partial charge < -0.3 is 5.11 Å². The number of hydrogen-bond donors (Lipinski definition) is 1. The predicted molar refractivity (Wildman–Crippen MR) is 78.0 cm³/mol. The summed E-state index contributed by atoms with van der Waals surface area (Å²) in [7, 11) is 0. The smallest absolute Gasteiger partial charge is 0.210 e. The maximum Gasteiger partial charge on any atom is 0.210 e. The zero-order valence-corrected chi connectivity index (χ0v) is 11.8. The summed E-state index contributed by atoms with van der Waals surface area (Å²) < 4.78 is 3.05. The molecule has 2 heterocycles. The molecule has 0 fully saturated rings. The number of pyridine rings is 1. The van der Waals surface area contributed by atoms with Crippen molar-refractivity contribution in [3.8, 4) is 11.6 Å². The van der Waals surface area contributed by atoms with Crippen LogP contribution in [0.15, 0.2) is 36.7 Å². The van der Waals surface area contributed by atoms with E-state index >= 15 is 0 Å². The van der Waals surface area contributed by atoms with Gasteiger partial charge in [0, 0.05) is 15.0 Å². The van der Waals surface area contributed by atoms with E-state index in [1.54, 1.807) is 18.3 Å². The number of halogens is 1. The molecular formula is C13H10IN3O. The molecule has 5 heteroatoms. The number of fused-ring (bicyclic) bond motifs is 1. The number of nitrogens with zero attached hydrogens (tertiary/aromatic N) is 3. The Morgan fingerprint density at radius 2 is 2.06 bits per heavy atom. The summed E-state index contributed by atoms with van der Waals surface area (Å²) >= 11 is 2.32. The van der Waals surface area contributed by atoms with Gasteiger partial charge in [0.1, 0.15) is 0 Å². The van der Waals surface area contributed by atoms with Gasteiger partial charge in [0.25, 0.3) is 0 Å². The van der Waals surface area contributed by atoms with Gasteiger partial charge in [0.2, 0.25) is 5.88 Å². The molecule has 18 heavy (non-hydrogen) atoms. The Morgan fingerprint density at radius 3 is 2.78 bits per heavy atom. The van der Waals surface area contributed by atoms with Crippen LogP contribution in [0.25, 0.3) is 16.6 Å². The lowest BCUT2D eigenvalue weighted by atomic mass is 10.2. The van der Waals surface area contributed by atoms with Gasteiger partial charge in [-0.15, -0.1) is 0 Å². The summed E-state index contributed by atoms with van der Waals surface area (Å²) in [6.45, 7) is 2.08. The molecule has 2 aromatic heterocycles. The summed E-state index contributed by atoms with van der Waals surface area (Å²) in [6, 6.07) is 7.57. The lowest BCUT2D eigenvalue weighted by Gasteiger charge is -2.04. The molecule has 0 saturated carbocycles. The molecule has 0 aliphatic carbocycles.